The summed E-state index contributed by atoms with van der Waals surface area (Å²) in [7, 11) is 1.65. The number of hydrogen-bond donors (Lipinski definition) is 1. The van der Waals surface area contributed by atoms with Crippen LogP contribution in [0.25, 0.3) is 0 Å². The van der Waals surface area contributed by atoms with Crippen LogP contribution in [0, 0.1) is 5.92 Å². The molecule has 3 atom stereocenters. The quantitative estimate of drug-likeness (QED) is 0.877. The summed E-state index contributed by atoms with van der Waals surface area (Å²) in [5.41, 5.74) is 0.426. The van der Waals surface area contributed by atoms with Crippen LogP contribution in [0.15, 0.2) is 41.8 Å². The molecule has 1 saturated carbocycles. The highest BCUT2D eigenvalue weighted by atomic mass is 32.1. The number of rotatable bonds is 3. The van der Waals surface area contributed by atoms with Gasteiger partial charge in [0.2, 0.25) is 0 Å². The van der Waals surface area contributed by atoms with Crippen LogP contribution in [-0.2, 0) is 0 Å². The number of carbonyl (C=O) groups is 1. The van der Waals surface area contributed by atoms with Crippen molar-refractivity contribution >= 4 is 17.2 Å². The van der Waals surface area contributed by atoms with Gasteiger partial charge >= 0.3 is 0 Å². The Morgan fingerprint density at radius 3 is 2.73 bits per heavy atom. The summed E-state index contributed by atoms with van der Waals surface area (Å²) in [4.78, 5) is 15.9. The average Bonchev–Trinajstić information content (AvgIpc) is 3.21. The van der Waals surface area contributed by atoms with Gasteiger partial charge in [0.25, 0.3) is 5.91 Å². The molecule has 0 bridgehead atoms. The second-order valence-corrected chi connectivity index (χ2v) is 8.35. The Labute approximate surface area is 158 Å². The van der Waals surface area contributed by atoms with Crippen molar-refractivity contribution in [3.05, 3.63) is 52.2 Å². The number of aliphatic hydroxyl groups is 1. The first kappa shape index (κ1) is 17.6. The van der Waals surface area contributed by atoms with Crippen molar-refractivity contribution in [2.75, 3.05) is 13.7 Å². The number of benzene rings is 1. The molecule has 2 aliphatic rings. The number of nitrogens with zero attached hydrogens (tertiary/aromatic N) is 1. The number of methoxy groups -OCH3 is 1. The van der Waals surface area contributed by atoms with E-state index in [4.69, 9.17) is 4.74 Å². The Morgan fingerprint density at radius 1 is 1.23 bits per heavy atom. The Kier molecular flexibility index (Phi) is 4.76. The Bertz CT molecular complexity index is 758. The molecule has 2 fully saturated rings. The zero-order valence-corrected chi connectivity index (χ0v) is 15.9. The van der Waals surface area contributed by atoms with Gasteiger partial charge in [0.1, 0.15) is 5.75 Å². The van der Waals surface area contributed by atoms with Crippen molar-refractivity contribution in [3.63, 3.8) is 0 Å². The van der Waals surface area contributed by atoms with E-state index in [1.165, 1.54) is 11.3 Å². The van der Waals surface area contributed by atoms with E-state index in [0.29, 0.717) is 13.0 Å². The van der Waals surface area contributed by atoms with Gasteiger partial charge in [-0.2, -0.15) is 0 Å². The van der Waals surface area contributed by atoms with Gasteiger partial charge in [-0.25, -0.2) is 0 Å². The molecule has 26 heavy (non-hydrogen) atoms. The summed E-state index contributed by atoms with van der Waals surface area (Å²) in [6.07, 6.45) is 4.65. The zero-order chi connectivity index (χ0) is 18.1. The molecule has 1 aromatic carbocycles. The van der Waals surface area contributed by atoms with Crippen LogP contribution >= 0.6 is 11.3 Å². The number of piperidine rings is 1. The van der Waals surface area contributed by atoms with Gasteiger partial charge < -0.3 is 14.7 Å². The molecule has 1 aliphatic heterocycles. The second kappa shape index (κ2) is 7.05. The molecule has 0 radical (unpaired) electrons. The molecule has 4 rings (SSSR count). The van der Waals surface area contributed by atoms with Crippen LogP contribution in [-0.4, -0.2) is 35.2 Å². The summed E-state index contributed by atoms with van der Waals surface area (Å²) in [6, 6.07) is 11.7. The van der Waals surface area contributed by atoms with Crippen LogP contribution in [0.2, 0.25) is 0 Å². The van der Waals surface area contributed by atoms with Crippen molar-refractivity contribution in [3.8, 4) is 5.75 Å². The van der Waals surface area contributed by atoms with E-state index in [1.54, 1.807) is 7.11 Å². The summed E-state index contributed by atoms with van der Waals surface area (Å²) in [5.74, 6) is 0.968. The molecular weight excluding hydrogens is 346 g/mol. The Morgan fingerprint density at radius 2 is 2.04 bits per heavy atom. The van der Waals surface area contributed by atoms with E-state index in [9.17, 15) is 9.90 Å². The maximum Gasteiger partial charge on any atom is 0.264 e. The molecule has 4 nitrogen and oxygen atoms in total. The third-order valence-electron chi connectivity index (χ3n) is 6.02. The fraction of sp³-hybridized carbons (Fsp3) is 0.476. The fourth-order valence-corrected chi connectivity index (χ4v) is 5.34. The maximum absolute atomic E-state index is 13.2. The minimum absolute atomic E-state index is 0.0773. The number of carbonyl (C=O) groups excluding carboxylic acids is 1. The predicted molar refractivity (Wildman–Crippen MR) is 103 cm³/mol. The number of likely N-dealkylation sites (tertiary alicyclic amines) is 1. The van der Waals surface area contributed by atoms with Crippen molar-refractivity contribution in [1.29, 1.82) is 0 Å². The number of hydrogen-bond acceptors (Lipinski definition) is 4. The lowest BCUT2D eigenvalue weighted by Crippen LogP contribution is -2.56. The van der Waals surface area contributed by atoms with Gasteiger partial charge in [0.15, 0.2) is 0 Å². The number of thiophene rings is 1. The molecular formula is C21H25NO3S. The molecule has 2 aromatic rings. The van der Waals surface area contributed by atoms with E-state index in [-0.39, 0.29) is 17.9 Å². The minimum atomic E-state index is -0.658. The van der Waals surface area contributed by atoms with E-state index in [2.05, 4.69) is 0 Å². The monoisotopic (exact) mass is 371 g/mol. The van der Waals surface area contributed by atoms with Crippen LogP contribution < -0.4 is 4.74 Å². The van der Waals surface area contributed by atoms with Crippen LogP contribution in [0.1, 0.15) is 53.4 Å². The molecule has 1 amide bonds. The van der Waals surface area contributed by atoms with Crippen LogP contribution in [0.5, 0.6) is 5.75 Å². The first-order valence-corrected chi connectivity index (χ1v) is 10.2. The van der Waals surface area contributed by atoms with Crippen molar-refractivity contribution in [2.24, 2.45) is 5.92 Å². The zero-order valence-electron chi connectivity index (χ0n) is 15.1. The third kappa shape index (κ3) is 3.03. The lowest BCUT2D eigenvalue weighted by molar-refractivity contribution is -0.114. The van der Waals surface area contributed by atoms with Gasteiger partial charge in [-0.1, -0.05) is 31.0 Å². The highest BCUT2D eigenvalue weighted by Crippen LogP contribution is 2.49. The summed E-state index contributed by atoms with van der Waals surface area (Å²) in [6.45, 7) is 0.598. The molecule has 5 heteroatoms. The smallest absolute Gasteiger partial charge is 0.264 e. The molecule has 1 saturated heterocycles. The molecule has 2 heterocycles. The molecule has 1 N–H and O–H groups in total. The topological polar surface area (TPSA) is 49.8 Å². The normalized spacial score (nSPS) is 28.5. The summed E-state index contributed by atoms with van der Waals surface area (Å²) >= 11 is 1.48. The van der Waals surface area contributed by atoms with Crippen LogP contribution in [0.4, 0.5) is 0 Å². The largest absolute Gasteiger partial charge is 0.497 e. The molecule has 1 aliphatic carbocycles. The highest BCUT2D eigenvalue weighted by Gasteiger charge is 2.50. The summed E-state index contributed by atoms with van der Waals surface area (Å²) in [5, 5.41) is 13.2. The second-order valence-electron chi connectivity index (χ2n) is 7.40. The summed E-state index contributed by atoms with van der Waals surface area (Å²) < 4.78 is 5.29. The predicted octanol–water partition coefficient (Wildman–Crippen LogP) is 4.27. The SMILES string of the molecule is COc1ccc([C@H]2[C@@H]3CCCC[C@]3(O)CCN2C(=O)c2cccs2)cc1. The van der Waals surface area contributed by atoms with Crippen molar-refractivity contribution in [1.82, 2.24) is 4.90 Å². The first-order valence-electron chi connectivity index (χ1n) is 9.33. The van der Waals surface area contributed by atoms with Gasteiger partial charge in [0.05, 0.1) is 23.6 Å². The fourth-order valence-electron chi connectivity index (χ4n) is 4.66. The van der Waals surface area contributed by atoms with E-state index < -0.39 is 5.60 Å². The molecule has 0 unspecified atom stereocenters. The van der Waals surface area contributed by atoms with E-state index in [0.717, 1.165) is 41.9 Å². The Hall–Kier alpha value is -1.85. The molecule has 1 aromatic heterocycles. The van der Waals surface area contributed by atoms with Crippen LogP contribution in [0.3, 0.4) is 0 Å². The lowest BCUT2D eigenvalue weighted by atomic mass is 9.66. The van der Waals surface area contributed by atoms with E-state index in [1.807, 2.05) is 46.7 Å². The Balaban J connectivity index is 1.73. The number of fused-ring (bicyclic) bond motifs is 1. The van der Waals surface area contributed by atoms with Crippen molar-refractivity contribution in [2.45, 2.75) is 43.7 Å². The standard InChI is InChI=1S/C21H25NO3S/c1-25-16-9-7-15(8-10-16)19-17-5-2-3-11-21(17,24)12-13-22(19)20(23)18-6-4-14-26-18/h4,6-10,14,17,19,24H,2-3,5,11-13H2,1H3/t17-,19-,21-/m0/s1. The van der Waals surface area contributed by atoms with Gasteiger partial charge in [-0.3, -0.25) is 4.79 Å². The maximum atomic E-state index is 13.2. The van der Waals surface area contributed by atoms with Gasteiger partial charge in [0, 0.05) is 12.5 Å². The van der Waals surface area contributed by atoms with Gasteiger partial charge in [-0.15, -0.1) is 11.3 Å². The minimum Gasteiger partial charge on any atom is -0.497 e. The van der Waals surface area contributed by atoms with E-state index >= 15 is 0 Å². The first-order chi connectivity index (χ1) is 12.6. The number of amides is 1. The molecule has 138 valence electrons. The average molecular weight is 372 g/mol. The lowest BCUT2D eigenvalue weighted by Gasteiger charge is -2.52. The highest BCUT2D eigenvalue weighted by molar-refractivity contribution is 7.12. The number of ether oxygens (including phenoxy) is 1. The third-order valence-corrected chi connectivity index (χ3v) is 6.88. The molecule has 0 spiro atoms. The van der Waals surface area contributed by atoms with Crippen molar-refractivity contribution < 1.29 is 14.6 Å². The van der Waals surface area contributed by atoms with Gasteiger partial charge in [-0.05, 0) is 48.4 Å².